The van der Waals surface area contributed by atoms with Crippen molar-refractivity contribution < 1.29 is 32.5 Å². The summed E-state index contributed by atoms with van der Waals surface area (Å²) in [5.41, 5.74) is 0.232. The van der Waals surface area contributed by atoms with Gasteiger partial charge in [0.15, 0.2) is 11.6 Å². The van der Waals surface area contributed by atoms with Gasteiger partial charge in [0, 0.05) is 41.6 Å². The molecule has 46 heavy (non-hydrogen) atoms. The van der Waals surface area contributed by atoms with E-state index < -0.39 is 29.3 Å². The molecule has 0 saturated heterocycles. The molecule has 1 aliphatic rings. The van der Waals surface area contributed by atoms with Gasteiger partial charge in [-0.25, -0.2) is 4.99 Å². The molecule has 2 N–H and O–H groups in total. The number of hydrogen-bond acceptors (Lipinski definition) is 5. The number of alkyl halides is 3. The standard InChI is InChI=1S/C36H32BrF3N2O4/c37-31-15-5-4-14-30(31)32-35(20-7-12-25-9-2-1-3-10-25,34(44)41-24-26-11-6-13-28(23-26)36(38,39)40)42-33(46-32)27-16-18-29(19-17-27)45-22-8-21-43/h1-7,9-19,23,32,43H,8,20-22,24H2,(H,41,44)/b12-7+/t32-,35-/m1/s1. The number of amides is 1. The topological polar surface area (TPSA) is 80.2 Å². The Bertz CT molecular complexity index is 1690. The molecule has 0 aliphatic carbocycles. The molecule has 0 spiro atoms. The quantitative estimate of drug-likeness (QED) is 0.148. The lowest BCUT2D eigenvalue weighted by Crippen LogP contribution is -2.47. The summed E-state index contributed by atoms with van der Waals surface area (Å²) < 4.78 is 53.0. The number of carbonyl (C=O) groups is 1. The van der Waals surface area contributed by atoms with Gasteiger partial charge < -0.3 is 19.9 Å². The molecule has 1 heterocycles. The van der Waals surface area contributed by atoms with E-state index in [4.69, 9.17) is 19.6 Å². The molecule has 0 fully saturated rings. The summed E-state index contributed by atoms with van der Waals surface area (Å²) in [6.07, 6.45) is -0.998. The number of aliphatic hydroxyl groups is 1. The molecule has 6 nitrogen and oxygen atoms in total. The highest BCUT2D eigenvalue weighted by atomic mass is 79.9. The Morgan fingerprint density at radius 2 is 1.74 bits per heavy atom. The first-order valence-corrected chi connectivity index (χ1v) is 15.5. The average Bonchev–Trinajstić information content (AvgIpc) is 3.45. The van der Waals surface area contributed by atoms with Crippen molar-refractivity contribution in [1.29, 1.82) is 0 Å². The summed E-state index contributed by atoms with van der Waals surface area (Å²) in [6.45, 7) is 0.246. The Balaban J connectivity index is 1.53. The van der Waals surface area contributed by atoms with Crippen molar-refractivity contribution in [2.45, 2.75) is 37.2 Å². The summed E-state index contributed by atoms with van der Waals surface area (Å²) in [5.74, 6) is 0.348. The lowest BCUT2D eigenvalue weighted by atomic mass is 9.84. The van der Waals surface area contributed by atoms with Crippen molar-refractivity contribution in [3.8, 4) is 5.75 Å². The first-order chi connectivity index (χ1) is 22.2. The highest BCUT2D eigenvalue weighted by Gasteiger charge is 2.53. The smallest absolute Gasteiger partial charge is 0.416 e. The fourth-order valence-corrected chi connectivity index (χ4v) is 5.60. The number of rotatable bonds is 12. The molecule has 0 unspecified atom stereocenters. The number of aliphatic imine (C=N–C) groups is 1. The van der Waals surface area contributed by atoms with Crippen LogP contribution in [0.2, 0.25) is 0 Å². The zero-order valence-electron chi connectivity index (χ0n) is 24.7. The minimum atomic E-state index is -4.51. The van der Waals surface area contributed by atoms with Crippen LogP contribution in [0.15, 0.2) is 119 Å². The molecule has 0 radical (unpaired) electrons. The van der Waals surface area contributed by atoms with Crippen molar-refractivity contribution in [2.75, 3.05) is 13.2 Å². The fourth-order valence-electron chi connectivity index (χ4n) is 5.11. The zero-order chi connectivity index (χ0) is 32.6. The summed E-state index contributed by atoms with van der Waals surface area (Å²) >= 11 is 3.61. The van der Waals surface area contributed by atoms with Gasteiger partial charge in [-0.1, -0.05) is 88.7 Å². The first kappa shape index (κ1) is 33.0. The van der Waals surface area contributed by atoms with Gasteiger partial charge in [-0.05, 0) is 53.6 Å². The fraction of sp³-hybridized carbons (Fsp3) is 0.222. The van der Waals surface area contributed by atoms with Gasteiger partial charge in [0.2, 0.25) is 5.90 Å². The number of benzene rings is 4. The predicted molar refractivity (Wildman–Crippen MR) is 174 cm³/mol. The number of nitrogens with zero attached hydrogens (tertiary/aromatic N) is 1. The second kappa shape index (κ2) is 14.8. The number of aliphatic hydroxyl groups excluding tert-OH is 1. The SMILES string of the molecule is O=C(NCc1cccc(C(F)(F)F)c1)[C@]1(C/C=C/c2ccccc2)N=C(c2ccc(OCCCO)cc2)O[C@@H]1c1ccccc1Br. The Morgan fingerprint density at radius 3 is 2.46 bits per heavy atom. The molecule has 1 amide bonds. The minimum absolute atomic E-state index is 0.0236. The molecule has 0 bridgehead atoms. The largest absolute Gasteiger partial charge is 0.494 e. The monoisotopic (exact) mass is 692 g/mol. The molecule has 10 heteroatoms. The predicted octanol–water partition coefficient (Wildman–Crippen LogP) is 7.91. The van der Waals surface area contributed by atoms with Crippen molar-refractivity contribution in [1.82, 2.24) is 5.32 Å². The van der Waals surface area contributed by atoms with Crippen molar-refractivity contribution in [3.63, 3.8) is 0 Å². The lowest BCUT2D eigenvalue weighted by molar-refractivity contribution is -0.137. The van der Waals surface area contributed by atoms with E-state index in [1.54, 1.807) is 24.3 Å². The third-order valence-electron chi connectivity index (χ3n) is 7.46. The van der Waals surface area contributed by atoms with Crippen LogP contribution in [0, 0.1) is 0 Å². The van der Waals surface area contributed by atoms with Crippen molar-refractivity contribution in [3.05, 3.63) is 141 Å². The molecule has 1 aliphatic heterocycles. The van der Waals surface area contributed by atoms with Gasteiger partial charge in [-0.15, -0.1) is 0 Å². The first-order valence-electron chi connectivity index (χ1n) is 14.7. The molecule has 4 aromatic rings. The van der Waals surface area contributed by atoms with Crippen LogP contribution < -0.4 is 10.1 Å². The van der Waals surface area contributed by atoms with Gasteiger partial charge in [0.1, 0.15) is 5.75 Å². The maximum absolute atomic E-state index is 14.3. The molecular formula is C36H32BrF3N2O4. The number of halogens is 4. The summed E-state index contributed by atoms with van der Waals surface area (Å²) in [5, 5.41) is 11.9. The molecule has 2 atom stereocenters. The molecule has 238 valence electrons. The Kier molecular flexibility index (Phi) is 10.6. The van der Waals surface area contributed by atoms with E-state index in [0.29, 0.717) is 39.9 Å². The van der Waals surface area contributed by atoms with E-state index >= 15 is 0 Å². The van der Waals surface area contributed by atoms with Gasteiger partial charge in [-0.3, -0.25) is 4.79 Å². The van der Waals surface area contributed by atoms with Crippen LogP contribution in [0.4, 0.5) is 13.2 Å². The summed E-state index contributed by atoms with van der Waals surface area (Å²) in [4.78, 5) is 19.3. The maximum atomic E-state index is 14.3. The van der Waals surface area contributed by atoms with Crippen LogP contribution in [0.3, 0.4) is 0 Å². The van der Waals surface area contributed by atoms with Crippen LogP contribution in [0.5, 0.6) is 5.75 Å². The normalized spacial score (nSPS) is 17.8. The maximum Gasteiger partial charge on any atom is 0.416 e. The van der Waals surface area contributed by atoms with E-state index in [2.05, 4.69) is 21.2 Å². The molecule has 5 rings (SSSR count). The molecular weight excluding hydrogens is 661 g/mol. The third-order valence-corrected chi connectivity index (χ3v) is 8.19. The second-order valence-corrected chi connectivity index (χ2v) is 11.6. The highest BCUT2D eigenvalue weighted by Crippen LogP contribution is 2.45. The van der Waals surface area contributed by atoms with E-state index in [1.165, 1.54) is 12.1 Å². The minimum Gasteiger partial charge on any atom is -0.494 e. The van der Waals surface area contributed by atoms with Gasteiger partial charge in [-0.2, -0.15) is 13.2 Å². The van der Waals surface area contributed by atoms with Gasteiger partial charge >= 0.3 is 6.18 Å². The van der Waals surface area contributed by atoms with Gasteiger partial charge in [0.05, 0.1) is 12.2 Å². The number of carbonyl (C=O) groups excluding carboxylic acids is 1. The summed E-state index contributed by atoms with van der Waals surface area (Å²) in [6, 6.07) is 28.9. The molecule has 0 saturated carbocycles. The Morgan fingerprint density at radius 1 is 1.00 bits per heavy atom. The Labute approximate surface area is 273 Å². The van der Waals surface area contributed by atoms with Gasteiger partial charge in [0.25, 0.3) is 5.91 Å². The highest BCUT2D eigenvalue weighted by molar-refractivity contribution is 9.10. The number of nitrogens with one attached hydrogen (secondary N) is 1. The summed E-state index contributed by atoms with van der Waals surface area (Å²) in [7, 11) is 0. The lowest BCUT2D eigenvalue weighted by Gasteiger charge is -2.30. The number of hydrogen-bond donors (Lipinski definition) is 2. The third kappa shape index (κ3) is 7.86. The van der Waals surface area contributed by atoms with E-state index in [0.717, 1.165) is 17.7 Å². The average molecular weight is 694 g/mol. The van der Waals surface area contributed by atoms with Crippen LogP contribution >= 0.6 is 15.9 Å². The molecule has 0 aromatic heterocycles. The van der Waals surface area contributed by atoms with Crippen molar-refractivity contribution in [2.24, 2.45) is 4.99 Å². The second-order valence-electron chi connectivity index (χ2n) is 10.7. The Hall–Kier alpha value is -4.41. The van der Waals surface area contributed by atoms with Crippen LogP contribution in [-0.4, -0.2) is 35.7 Å². The van der Waals surface area contributed by atoms with Crippen LogP contribution in [0.25, 0.3) is 6.08 Å². The van der Waals surface area contributed by atoms with Crippen LogP contribution in [-0.2, 0) is 22.3 Å². The van der Waals surface area contributed by atoms with E-state index in [9.17, 15) is 18.0 Å². The molecule has 4 aromatic carbocycles. The van der Waals surface area contributed by atoms with Crippen LogP contribution in [0.1, 0.15) is 46.8 Å². The number of ether oxygens (including phenoxy) is 2. The van der Waals surface area contributed by atoms with Crippen molar-refractivity contribution >= 4 is 33.8 Å². The zero-order valence-corrected chi connectivity index (χ0v) is 26.3. The van der Waals surface area contributed by atoms with E-state index in [-0.39, 0.29) is 25.5 Å². The van der Waals surface area contributed by atoms with E-state index in [1.807, 2.05) is 66.7 Å².